The summed E-state index contributed by atoms with van der Waals surface area (Å²) in [4.78, 5) is 83.8. The van der Waals surface area contributed by atoms with Gasteiger partial charge in [0.05, 0.1) is 68.3 Å². The van der Waals surface area contributed by atoms with Crippen molar-refractivity contribution in [2.45, 2.75) is 67.3 Å². The van der Waals surface area contributed by atoms with Gasteiger partial charge in [0.25, 0.3) is 27.8 Å². The number of anilines is 11. The highest BCUT2D eigenvalue weighted by Crippen LogP contribution is 2.42. The summed E-state index contributed by atoms with van der Waals surface area (Å²) in [6.07, 6.45) is 8.69. The van der Waals surface area contributed by atoms with Crippen LogP contribution >= 0.6 is 0 Å². The summed E-state index contributed by atoms with van der Waals surface area (Å²) in [5.74, 6) is -0.358. The summed E-state index contributed by atoms with van der Waals surface area (Å²) in [7, 11) is 0. The monoisotopic (exact) mass is 1750 g/mol. The van der Waals surface area contributed by atoms with Gasteiger partial charge in [-0.1, -0.05) is 212 Å². The van der Waals surface area contributed by atoms with Crippen LogP contribution in [-0.2, 0) is 32.7 Å². The van der Waals surface area contributed by atoms with E-state index in [0.717, 1.165) is 123 Å². The van der Waals surface area contributed by atoms with E-state index in [1.165, 1.54) is 35.5 Å². The third kappa shape index (κ3) is 21.0. The van der Waals surface area contributed by atoms with E-state index in [9.17, 15) is 28.4 Å². The average molecular weight is 1760 g/mol. The third-order valence-electron chi connectivity index (χ3n) is 21.7. The molecule has 0 unspecified atom stereocenters. The Morgan fingerprint density at radius 2 is 0.579 bits per heavy atom. The van der Waals surface area contributed by atoms with Crippen molar-refractivity contribution in [2.75, 3.05) is 26.2 Å². The van der Waals surface area contributed by atoms with Crippen molar-refractivity contribution < 1.29 is 4.39 Å². The lowest BCUT2D eigenvalue weighted by atomic mass is 10.1. The van der Waals surface area contributed by atoms with E-state index in [0.29, 0.717) is 72.5 Å². The highest BCUT2D eigenvalue weighted by Gasteiger charge is 2.25. The zero-order valence-electron chi connectivity index (χ0n) is 73.5. The molecule has 0 fully saturated rings. The minimum absolute atomic E-state index is 0.125. The molecule has 0 aliphatic carbocycles. The van der Waals surface area contributed by atoms with Gasteiger partial charge in [-0.2, -0.15) is 25.5 Å². The van der Waals surface area contributed by atoms with Crippen LogP contribution in [0.15, 0.2) is 407 Å². The van der Waals surface area contributed by atoms with Gasteiger partial charge in [-0.15, -0.1) is 0 Å². The van der Waals surface area contributed by atoms with Crippen molar-refractivity contribution >= 4 is 106 Å². The smallest absolute Gasteiger partial charge is 0.291 e. The average Bonchev–Trinajstić information content (AvgIpc) is 0.749. The first-order valence-corrected chi connectivity index (χ1v) is 43.6. The molecule has 4 N–H and O–H groups in total. The lowest BCUT2D eigenvalue weighted by Crippen LogP contribution is -2.28. The number of aromatic nitrogens is 14. The van der Waals surface area contributed by atoms with Crippen molar-refractivity contribution in [1.29, 1.82) is 0 Å². The van der Waals surface area contributed by atoms with Crippen molar-refractivity contribution in [3.05, 3.63) is 440 Å². The molecule has 11 aromatic carbocycles. The van der Waals surface area contributed by atoms with Crippen LogP contribution in [0.5, 0.6) is 0 Å². The number of nitrogens with zero attached hydrogens (tertiary/aromatic N) is 15. The van der Waals surface area contributed by atoms with E-state index < -0.39 is 0 Å². The third-order valence-corrected chi connectivity index (χ3v) is 21.7. The van der Waals surface area contributed by atoms with Gasteiger partial charge in [0.15, 0.2) is 0 Å². The number of pyridine rings is 4. The Hall–Kier alpha value is -17.6. The molecule has 0 saturated heterocycles. The van der Waals surface area contributed by atoms with Gasteiger partial charge in [0.2, 0.25) is 0 Å². The number of fused-ring (bicyclic) bond motifs is 4. The molecule has 0 spiro atoms. The fourth-order valence-electron chi connectivity index (χ4n) is 15.1. The van der Waals surface area contributed by atoms with Crippen LogP contribution in [0.4, 0.5) is 67.0 Å². The molecule has 0 bridgehead atoms. The number of hydrogen-bond acceptors (Lipinski definition) is 19. The second-order valence-electron chi connectivity index (χ2n) is 30.3. The number of rotatable bonds is 21. The van der Waals surface area contributed by atoms with Crippen LogP contribution < -0.4 is 54.0 Å². The van der Waals surface area contributed by atoms with Crippen molar-refractivity contribution in [3.63, 3.8) is 0 Å². The summed E-state index contributed by atoms with van der Waals surface area (Å²) in [6, 6.07) is 111. The highest BCUT2D eigenvalue weighted by molar-refractivity contribution is 6.03. The number of nitrogens with one attached hydrogen (secondary N) is 4. The van der Waals surface area contributed by atoms with Gasteiger partial charge in [-0.25, -0.2) is 27.8 Å². The number of aryl methyl sites for hydroxylation is 5. The van der Waals surface area contributed by atoms with Crippen molar-refractivity contribution in [2.24, 2.45) is 0 Å². The Labute approximate surface area is 765 Å². The first-order valence-electron chi connectivity index (χ1n) is 43.6. The Morgan fingerprint density at radius 3 is 0.985 bits per heavy atom. The van der Waals surface area contributed by atoms with Crippen LogP contribution in [-0.4, -0.2) is 68.8 Å². The predicted octanol–water partition coefficient (Wildman–Crippen LogP) is 22.4. The topological polar surface area (TPSA) is 277 Å². The number of halogens is 1. The van der Waals surface area contributed by atoms with Gasteiger partial charge in [-0.05, 0) is 180 Å². The minimum Gasteiger partial charge on any atom is -0.351 e. The van der Waals surface area contributed by atoms with Gasteiger partial charge in [-0.3, -0.25) is 43.9 Å². The Balaban J connectivity index is 0.000000123. The molecular weight excluding hydrogens is 1660 g/mol. The maximum Gasteiger partial charge on any atom is 0.291 e. The molecule has 24 nitrogen and oxygen atoms in total. The molecular formula is C108H92FN19O5. The van der Waals surface area contributed by atoms with E-state index in [1.807, 2.05) is 331 Å². The molecule has 0 aliphatic heterocycles. The van der Waals surface area contributed by atoms with E-state index in [1.54, 1.807) is 61.3 Å². The first kappa shape index (κ1) is 88.8. The predicted molar refractivity (Wildman–Crippen MR) is 533 cm³/mol. The lowest BCUT2D eigenvalue weighted by molar-refractivity contribution is 0.619. The highest BCUT2D eigenvalue weighted by atomic mass is 19.1. The zero-order valence-corrected chi connectivity index (χ0v) is 73.5. The number of benzene rings is 11. The molecule has 25 heteroatoms. The standard InChI is InChI=1S/C30H23N5O.C22H19N3O.C21H18N4O.C18H16FN3O.C17H16N4O/c1-2-34-30(36)29(20-26(33-34)21-10-4-3-5-11-21)35(27-16-6-14-24-22(27)12-8-18-31-24)28-17-7-15-25-23(28)13-9-19-32-25;1-2-25-22(26)21(15-20(24-25)17-10-4-3-5-11-17)23-19-14-8-12-16-9-6-7-13-18(16)19;1-2-25-21(26)20(14-19(24-25)15-8-4-3-5-9-15)23-18-12-6-11-17-16(18)10-7-13-22-17;1-2-22-18(23)17(20-15-10-6-9-14(19)11-15)12-16(21-22)13-7-4-3-5-8-13;1-2-21-17(22)16(19-14-9-6-10-18-12-14)11-15(20-21)13-7-4-3-5-8-13/h3-20H,2H2,1H3;3-15,23H,2H2,1H3;3-14,23H,2H2,1H3;3-12,20H,2H2,1H3;3-12,19H,2H2,1H3. The van der Waals surface area contributed by atoms with E-state index >= 15 is 0 Å². The molecule has 0 atom stereocenters. The normalized spacial score (nSPS) is 10.8. The van der Waals surface area contributed by atoms with Crippen LogP contribution in [0.2, 0.25) is 0 Å². The van der Waals surface area contributed by atoms with Gasteiger partial charge < -0.3 is 26.2 Å². The lowest BCUT2D eigenvalue weighted by Gasteiger charge is -2.27. The summed E-state index contributed by atoms with van der Waals surface area (Å²) < 4.78 is 20.7. The van der Waals surface area contributed by atoms with Crippen LogP contribution in [0, 0.1) is 5.82 Å². The second-order valence-corrected chi connectivity index (χ2v) is 30.3. The fraction of sp³-hybridized carbons (Fsp3) is 0.0926. The summed E-state index contributed by atoms with van der Waals surface area (Å²) in [5.41, 5.74) is 17.4. The maximum absolute atomic E-state index is 13.9. The van der Waals surface area contributed by atoms with Gasteiger partial charge >= 0.3 is 0 Å². The molecule has 0 aliphatic rings. The largest absolute Gasteiger partial charge is 0.351 e. The van der Waals surface area contributed by atoms with Crippen LogP contribution in [0.25, 0.3) is 99.8 Å². The second kappa shape index (κ2) is 42.3. The van der Waals surface area contributed by atoms with Gasteiger partial charge in [0, 0.05) is 124 Å². The molecule has 656 valence electrons. The van der Waals surface area contributed by atoms with E-state index in [4.69, 9.17) is 0 Å². The quantitative estimate of drug-likeness (QED) is 0.0520. The summed E-state index contributed by atoms with van der Waals surface area (Å²) in [6.45, 7) is 12.0. The molecule has 20 rings (SSSR count). The van der Waals surface area contributed by atoms with Crippen molar-refractivity contribution in [1.82, 2.24) is 68.8 Å². The van der Waals surface area contributed by atoms with Crippen molar-refractivity contribution in [3.8, 4) is 56.3 Å². The molecule has 9 heterocycles. The fourth-order valence-corrected chi connectivity index (χ4v) is 15.1. The molecule has 0 radical (unpaired) electrons. The SMILES string of the molecule is CCn1nc(-c2ccccc2)cc(N(c2cccc3ncccc23)c2cccc3ncccc23)c1=O.CCn1nc(-c2ccccc2)cc(Nc2cccc(F)c2)c1=O.CCn1nc(-c2ccccc2)cc(Nc2cccc3ccccc23)c1=O.CCn1nc(-c2ccccc2)cc(Nc2cccc3ncccc23)c1=O.CCn1nc(-c2ccccc2)cc(Nc2cccnc2)c1=O. The zero-order chi connectivity index (χ0) is 91.9. The van der Waals surface area contributed by atoms with Gasteiger partial charge in [0.1, 0.15) is 34.3 Å². The van der Waals surface area contributed by atoms with E-state index in [2.05, 4.69) is 84.9 Å². The Morgan fingerprint density at radius 1 is 0.263 bits per heavy atom. The molecule has 0 amide bonds. The summed E-state index contributed by atoms with van der Waals surface area (Å²) in [5, 5.41) is 40.2. The Kier molecular flexibility index (Phi) is 28.3. The molecule has 133 heavy (non-hydrogen) atoms. The maximum atomic E-state index is 13.9. The number of hydrogen-bond donors (Lipinski definition) is 4. The van der Waals surface area contributed by atoms with Crippen LogP contribution in [0.1, 0.15) is 34.6 Å². The van der Waals surface area contributed by atoms with Crippen LogP contribution in [0.3, 0.4) is 0 Å². The Bertz CT molecular complexity index is 7510. The minimum atomic E-state index is -0.358. The molecule has 9 aromatic heterocycles. The first-order chi connectivity index (χ1) is 65.2. The molecule has 0 saturated carbocycles. The molecule has 20 aromatic rings. The van der Waals surface area contributed by atoms with E-state index in [-0.39, 0.29) is 33.6 Å². The summed E-state index contributed by atoms with van der Waals surface area (Å²) >= 11 is 0.